The Morgan fingerprint density at radius 3 is 2.10 bits per heavy atom. The minimum atomic E-state index is -0.866. The van der Waals surface area contributed by atoms with Crippen LogP contribution in [0.4, 0.5) is 0 Å². The minimum Gasteiger partial charge on any atom is -0.465 e. The molecule has 1 unspecified atom stereocenters. The zero-order chi connectivity index (χ0) is 14.8. The molecule has 0 N–H and O–H groups in total. The lowest BCUT2D eigenvalue weighted by Crippen LogP contribution is -2.40. The monoisotopic (exact) mass is 282 g/mol. The molecule has 3 heteroatoms. The second-order valence-corrected chi connectivity index (χ2v) is 5.91. The molecule has 1 aliphatic rings. The molecule has 116 valence electrons. The van der Waals surface area contributed by atoms with Crippen LogP contribution in [0.15, 0.2) is 0 Å². The Morgan fingerprint density at radius 1 is 1.00 bits per heavy atom. The lowest BCUT2D eigenvalue weighted by molar-refractivity contribution is -0.161. The van der Waals surface area contributed by atoms with Gasteiger partial charge in [0.1, 0.15) is 11.2 Å². The van der Waals surface area contributed by atoms with Gasteiger partial charge in [-0.15, -0.1) is 0 Å². The van der Waals surface area contributed by atoms with Crippen molar-refractivity contribution in [1.82, 2.24) is 0 Å². The quantitative estimate of drug-likeness (QED) is 0.568. The van der Waals surface area contributed by atoms with Gasteiger partial charge < -0.3 is 4.74 Å². The van der Waals surface area contributed by atoms with Crippen LogP contribution in [0, 0.1) is 5.41 Å². The fraction of sp³-hybridized carbons (Fsp3) is 0.882. The average molecular weight is 282 g/mol. The topological polar surface area (TPSA) is 43.4 Å². The fourth-order valence-corrected chi connectivity index (χ4v) is 3.16. The van der Waals surface area contributed by atoms with Gasteiger partial charge in [-0.3, -0.25) is 9.59 Å². The van der Waals surface area contributed by atoms with Crippen LogP contribution < -0.4 is 0 Å². The van der Waals surface area contributed by atoms with Gasteiger partial charge in [0.05, 0.1) is 6.61 Å². The molecule has 0 spiro atoms. The van der Waals surface area contributed by atoms with Crippen LogP contribution in [0.2, 0.25) is 0 Å². The SMILES string of the molecule is CCOC(=O)C1(CC)CCCCCCCCCCC1=O. The summed E-state index contributed by atoms with van der Waals surface area (Å²) < 4.78 is 5.21. The Bertz CT molecular complexity index is 311. The van der Waals surface area contributed by atoms with Crippen molar-refractivity contribution in [3.8, 4) is 0 Å². The number of carbonyl (C=O) groups is 2. The number of carbonyl (C=O) groups excluding carboxylic acids is 2. The van der Waals surface area contributed by atoms with E-state index in [0.717, 1.165) is 25.7 Å². The van der Waals surface area contributed by atoms with Gasteiger partial charge in [0.2, 0.25) is 0 Å². The summed E-state index contributed by atoms with van der Waals surface area (Å²) in [5.41, 5.74) is -0.866. The third-order valence-electron chi connectivity index (χ3n) is 4.56. The van der Waals surface area contributed by atoms with Gasteiger partial charge in [-0.1, -0.05) is 51.9 Å². The summed E-state index contributed by atoms with van der Waals surface area (Å²) in [7, 11) is 0. The van der Waals surface area contributed by atoms with Gasteiger partial charge in [-0.05, 0) is 26.2 Å². The summed E-state index contributed by atoms with van der Waals surface area (Å²) in [5.74, 6) is -0.177. The van der Waals surface area contributed by atoms with E-state index < -0.39 is 5.41 Å². The maximum atomic E-state index is 12.6. The van der Waals surface area contributed by atoms with Crippen molar-refractivity contribution >= 4 is 11.8 Å². The predicted octanol–water partition coefficient (Wildman–Crippen LogP) is 4.43. The summed E-state index contributed by atoms with van der Waals surface area (Å²) in [6.07, 6.45) is 10.9. The molecule has 0 aliphatic heterocycles. The lowest BCUT2D eigenvalue weighted by atomic mass is 9.74. The normalized spacial score (nSPS) is 26.4. The van der Waals surface area contributed by atoms with E-state index in [1.54, 1.807) is 6.92 Å². The molecule has 1 fully saturated rings. The number of ketones is 1. The Morgan fingerprint density at radius 2 is 1.55 bits per heavy atom. The molecule has 0 amide bonds. The molecule has 0 aromatic rings. The first-order valence-corrected chi connectivity index (χ1v) is 8.38. The van der Waals surface area contributed by atoms with Gasteiger partial charge in [0, 0.05) is 6.42 Å². The fourth-order valence-electron chi connectivity index (χ4n) is 3.16. The van der Waals surface area contributed by atoms with Crippen molar-refractivity contribution < 1.29 is 14.3 Å². The van der Waals surface area contributed by atoms with Crippen LogP contribution in [-0.4, -0.2) is 18.4 Å². The molecule has 0 bridgehead atoms. The molecule has 0 radical (unpaired) electrons. The summed E-state index contributed by atoms with van der Waals surface area (Å²) in [4.78, 5) is 24.9. The highest BCUT2D eigenvalue weighted by Gasteiger charge is 2.44. The molecule has 0 saturated heterocycles. The van der Waals surface area contributed by atoms with Crippen LogP contribution in [-0.2, 0) is 14.3 Å². The van der Waals surface area contributed by atoms with Crippen LogP contribution in [0.1, 0.15) is 84.5 Å². The van der Waals surface area contributed by atoms with E-state index in [1.165, 1.54) is 25.7 Å². The van der Waals surface area contributed by atoms with Gasteiger partial charge in [0.25, 0.3) is 0 Å². The summed E-state index contributed by atoms with van der Waals surface area (Å²) in [6.45, 7) is 4.11. The van der Waals surface area contributed by atoms with Crippen molar-refractivity contribution in [3.63, 3.8) is 0 Å². The van der Waals surface area contributed by atoms with Crippen molar-refractivity contribution in [2.45, 2.75) is 84.5 Å². The van der Waals surface area contributed by atoms with Crippen molar-refractivity contribution in [3.05, 3.63) is 0 Å². The standard InChI is InChI=1S/C17H30O3/c1-3-17(16(19)20-4-2)14-12-10-8-6-5-7-9-11-13-15(17)18/h3-14H2,1-2H3. The van der Waals surface area contributed by atoms with Crippen LogP contribution >= 0.6 is 0 Å². The Labute approximate surface area is 123 Å². The van der Waals surface area contributed by atoms with E-state index in [1.807, 2.05) is 6.92 Å². The van der Waals surface area contributed by atoms with Gasteiger partial charge in [-0.2, -0.15) is 0 Å². The Hall–Kier alpha value is -0.860. The molecule has 3 nitrogen and oxygen atoms in total. The smallest absolute Gasteiger partial charge is 0.319 e. The van der Waals surface area contributed by atoms with E-state index in [-0.39, 0.29) is 11.8 Å². The van der Waals surface area contributed by atoms with Crippen molar-refractivity contribution in [2.75, 3.05) is 6.61 Å². The molecular formula is C17H30O3. The highest BCUT2D eigenvalue weighted by Crippen LogP contribution is 2.34. The zero-order valence-corrected chi connectivity index (χ0v) is 13.2. The van der Waals surface area contributed by atoms with Crippen LogP contribution in [0.5, 0.6) is 0 Å². The second kappa shape index (κ2) is 9.15. The molecule has 0 heterocycles. The maximum absolute atomic E-state index is 12.6. The molecule has 0 aromatic heterocycles. The molecule has 1 aliphatic carbocycles. The number of hydrogen-bond donors (Lipinski definition) is 0. The number of rotatable bonds is 3. The summed E-state index contributed by atoms with van der Waals surface area (Å²) in [5, 5.41) is 0. The lowest BCUT2D eigenvalue weighted by Gasteiger charge is -2.29. The number of ether oxygens (including phenoxy) is 1. The first-order chi connectivity index (χ1) is 9.67. The van der Waals surface area contributed by atoms with E-state index in [2.05, 4.69) is 0 Å². The molecule has 0 aromatic carbocycles. The Kier molecular flexibility index (Phi) is 7.86. The third-order valence-corrected chi connectivity index (χ3v) is 4.56. The van der Waals surface area contributed by atoms with Gasteiger partial charge >= 0.3 is 5.97 Å². The van der Waals surface area contributed by atoms with Crippen LogP contribution in [0.3, 0.4) is 0 Å². The zero-order valence-electron chi connectivity index (χ0n) is 13.2. The van der Waals surface area contributed by atoms with E-state index in [4.69, 9.17) is 4.74 Å². The first-order valence-electron chi connectivity index (χ1n) is 8.38. The average Bonchev–Trinajstić information content (AvgIpc) is 2.43. The Balaban J connectivity index is 2.81. The van der Waals surface area contributed by atoms with E-state index in [0.29, 0.717) is 25.9 Å². The second-order valence-electron chi connectivity index (χ2n) is 5.91. The van der Waals surface area contributed by atoms with E-state index >= 15 is 0 Å². The van der Waals surface area contributed by atoms with Crippen molar-refractivity contribution in [2.24, 2.45) is 5.41 Å². The predicted molar refractivity (Wildman–Crippen MR) is 80.5 cm³/mol. The van der Waals surface area contributed by atoms with Gasteiger partial charge in [0.15, 0.2) is 0 Å². The highest BCUT2D eigenvalue weighted by atomic mass is 16.5. The number of esters is 1. The molecule has 20 heavy (non-hydrogen) atoms. The van der Waals surface area contributed by atoms with E-state index in [9.17, 15) is 9.59 Å². The molecule has 1 saturated carbocycles. The van der Waals surface area contributed by atoms with Gasteiger partial charge in [-0.25, -0.2) is 0 Å². The first kappa shape index (κ1) is 17.2. The molecular weight excluding hydrogens is 252 g/mol. The molecule has 1 atom stereocenters. The third kappa shape index (κ3) is 4.60. The maximum Gasteiger partial charge on any atom is 0.319 e. The molecule has 1 rings (SSSR count). The minimum absolute atomic E-state index is 0.110. The van der Waals surface area contributed by atoms with Crippen LogP contribution in [0.25, 0.3) is 0 Å². The largest absolute Gasteiger partial charge is 0.465 e. The number of Topliss-reactive ketones (excluding diaryl/α,β-unsaturated/α-hetero) is 1. The van der Waals surface area contributed by atoms with Crippen molar-refractivity contribution in [1.29, 1.82) is 0 Å². The highest BCUT2D eigenvalue weighted by molar-refractivity contribution is 6.03. The summed E-state index contributed by atoms with van der Waals surface area (Å²) in [6, 6.07) is 0. The summed E-state index contributed by atoms with van der Waals surface area (Å²) >= 11 is 0. The number of hydrogen-bond acceptors (Lipinski definition) is 3.